The van der Waals surface area contributed by atoms with Gasteiger partial charge in [-0.3, -0.25) is 14.4 Å². The zero-order valence-corrected chi connectivity index (χ0v) is 42.7. The number of rotatable bonds is 49. The number of unbranched alkanes of at least 4 members (excludes halogenated alkanes) is 31. The SMILES string of the molecule is CCC(C)CCCCCCCCC(=O)O[C@H](COC(=O)CCCCCCCCCCCCCCCCCC(C)C)COC(=O)CCCCCCCCCCCCCCCC(C)C. The van der Waals surface area contributed by atoms with E-state index >= 15 is 0 Å². The highest BCUT2D eigenvalue weighted by atomic mass is 16.6. The summed E-state index contributed by atoms with van der Waals surface area (Å²) in [5, 5.41) is 0. The molecule has 0 N–H and O–H groups in total. The molecule has 62 heavy (non-hydrogen) atoms. The van der Waals surface area contributed by atoms with Crippen molar-refractivity contribution in [3.05, 3.63) is 0 Å². The molecule has 1 unspecified atom stereocenters. The monoisotopic (exact) mass is 877 g/mol. The maximum Gasteiger partial charge on any atom is 0.306 e. The fourth-order valence-corrected chi connectivity index (χ4v) is 8.44. The Labute approximate surface area is 387 Å². The molecular formula is C56H108O6. The number of carbonyl (C=O) groups excluding carboxylic acids is 3. The van der Waals surface area contributed by atoms with Crippen LogP contribution in [0.3, 0.4) is 0 Å². The molecule has 0 aliphatic carbocycles. The van der Waals surface area contributed by atoms with E-state index in [0.29, 0.717) is 19.3 Å². The van der Waals surface area contributed by atoms with E-state index in [4.69, 9.17) is 14.2 Å². The van der Waals surface area contributed by atoms with Crippen LogP contribution in [-0.2, 0) is 28.6 Å². The van der Waals surface area contributed by atoms with Crippen LogP contribution < -0.4 is 0 Å². The quantitative estimate of drug-likeness (QED) is 0.0344. The van der Waals surface area contributed by atoms with Crippen LogP contribution in [0.4, 0.5) is 0 Å². The number of carbonyl (C=O) groups is 3. The van der Waals surface area contributed by atoms with Crippen molar-refractivity contribution in [1.82, 2.24) is 0 Å². The fraction of sp³-hybridized carbons (Fsp3) is 0.946. The van der Waals surface area contributed by atoms with Crippen molar-refractivity contribution < 1.29 is 28.6 Å². The Morgan fingerprint density at radius 1 is 0.323 bits per heavy atom. The van der Waals surface area contributed by atoms with Gasteiger partial charge in [0.05, 0.1) is 0 Å². The Morgan fingerprint density at radius 3 is 0.839 bits per heavy atom. The molecule has 0 spiro atoms. The largest absolute Gasteiger partial charge is 0.462 e. The summed E-state index contributed by atoms with van der Waals surface area (Å²) in [6, 6.07) is 0. The van der Waals surface area contributed by atoms with Gasteiger partial charge in [-0.15, -0.1) is 0 Å². The third kappa shape index (κ3) is 47.9. The third-order valence-electron chi connectivity index (χ3n) is 13.0. The van der Waals surface area contributed by atoms with Gasteiger partial charge < -0.3 is 14.2 Å². The highest BCUT2D eigenvalue weighted by molar-refractivity contribution is 5.71. The van der Waals surface area contributed by atoms with Crippen molar-refractivity contribution in [2.75, 3.05) is 13.2 Å². The summed E-state index contributed by atoms with van der Waals surface area (Å²) in [5.74, 6) is 1.65. The van der Waals surface area contributed by atoms with Crippen LogP contribution in [0.2, 0.25) is 0 Å². The van der Waals surface area contributed by atoms with Gasteiger partial charge in [-0.1, -0.05) is 266 Å². The van der Waals surface area contributed by atoms with Crippen molar-refractivity contribution in [2.24, 2.45) is 17.8 Å². The van der Waals surface area contributed by atoms with Crippen LogP contribution in [0.5, 0.6) is 0 Å². The highest BCUT2D eigenvalue weighted by Crippen LogP contribution is 2.18. The first-order chi connectivity index (χ1) is 30.1. The topological polar surface area (TPSA) is 78.9 Å². The van der Waals surface area contributed by atoms with Gasteiger partial charge in [0.2, 0.25) is 0 Å². The maximum absolute atomic E-state index is 12.8. The van der Waals surface area contributed by atoms with Crippen LogP contribution in [-0.4, -0.2) is 37.2 Å². The zero-order chi connectivity index (χ0) is 45.6. The normalized spacial score (nSPS) is 12.6. The second-order valence-electron chi connectivity index (χ2n) is 20.4. The van der Waals surface area contributed by atoms with Crippen LogP contribution in [0, 0.1) is 17.8 Å². The lowest BCUT2D eigenvalue weighted by Gasteiger charge is -2.18. The van der Waals surface area contributed by atoms with E-state index < -0.39 is 6.10 Å². The fourth-order valence-electron chi connectivity index (χ4n) is 8.44. The first kappa shape index (κ1) is 60.4. The zero-order valence-electron chi connectivity index (χ0n) is 42.7. The summed E-state index contributed by atoms with van der Waals surface area (Å²) >= 11 is 0. The molecule has 0 saturated carbocycles. The molecule has 0 aromatic rings. The minimum Gasteiger partial charge on any atom is -0.462 e. The molecule has 6 heteroatoms. The second-order valence-corrected chi connectivity index (χ2v) is 20.4. The summed E-state index contributed by atoms with van der Waals surface area (Å²) in [4.78, 5) is 38.0. The number of ether oxygens (including phenoxy) is 3. The van der Waals surface area contributed by atoms with Crippen molar-refractivity contribution in [3.63, 3.8) is 0 Å². The lowest BCUT2D eigenvalue weighted by molar-refractivity contribution is -0.167. The summed E-state index contributed by atoms with van der Waals surface area (Å²) in [6.45, 7) is 13.7. The van der Waals surface area contributed by atoms with E-state index in [2.05, 4.69) is 41.5 Å². The third-order valence-corrected chi connectivity index (χ3v) is 13.0. The Morgan fingerprint density at radius 2 is 0.565 bits per heavy atom. The average Bonchev–Trinajstić information content (AvgIpc) is 3.24. The predicted molar refractivity (Wildman–Crippen MR) is 266 cm³/mol. The Balaban J connectivity index is 4.24. The first-order valence-corrected chi connectivity index (χ1v) is 27.6. The number of esters is 3. The molecule has 0 aromatic heterocycles. The molecule has 0 radical (unpaired) electrons. The van der Waals surface area contributed by atoms with E-state index in [-0.39, 0.29) is 31.1 Å². The summed E-state index contributed by atoms with van der Waals surface area (Å²) < 4.78 is 16.8. The van der Waals surface area contributed by atoms with Gasteiger partial charge in [-0.05, 0) is 37.0 Å². The molecular weight excluding hydrogens is 769 g/mol. The number of hydrogen-bond acceptors (Lipinski definition) is 6. The first-order valence-electron chi connectivity index (χ1n) is 27.6. The maximum atomic E-state index is 12.8. The minimum absolute atomic E-state index is 0.0648. The summed E-state index contributed by atoms with van der Waals surface area (Å²) in [6.07, 6.45) is 48.1. The highest BCUT2D eigenvalue weighted by Gasteiger charge is 2.19. The molecule has 0 amide bonds. The lowest BCUT2D eigenvalue weighted by Crippen LogP contribution is -2.30. The lowest BCUT2D eigenvalue weighted by atomic mass is 10.00. The molecule has 368 valence electrons. The predicted octanol–water partition coefficient (Wildman–Crippen LogP) is 17.9. The van der Waals surface area contributed by atoms with Crippen molar-refractivity contribution >= 4 is 17.9 Å². The van der Waals surface area contributed by atoms with Gasteiger partial charge in [0.1, 0.15) is 13.2 Å². The number of hydrogen-bond donors (Lipinski definition) is 0. The van der Waals surface area contributed by atoms with Gasteiger partial charge >= 0.3 is 17.9 Å². The van der Waals surface area contributed by atoms with Gasteiger partial charge in [0.15, 0.2) is 6.10 Å². The van der Waals surface area contributed by atoms with Crippen molar-refractivity contribution in [2.45, 2.75) is 311 Å². The smallest absolute Gasteiger partial charge is 0.306 e. The van der Waals surface area contributed by atoms with Crippen LogP contribution in [0.1, 0.15) is 305 Å². The Bertz CT molecular complexity index is 962. The molecule has 0 aliphatic rings. The van der Waals surface area contributed by atoms with Gasteiger partial charge in [0, 0.05) is 19.3 Å². The molecule has 2 atom stereocenters. The van der Waals surface area contributed by atoms with Gasteiger partial charge in [-0.2, -0.15) is 0 Å². The van der Waals surface area contributed by atoms with Crippen LogP contribution in [0.25, 0.3) is 0 Å². The molecule has 0 aliphatic heterocycles. The van der Waals surface area contributed by atoms with E-state index in [1.165, 1.54) is 186 Å². The molecule has 6 nitrogen and oxygen atoms in total. The molecule has 0 fully saturated rings. The molecule has 0 rings (SSSR count). The van der Waals surface area contributed by atoms with Gasteiger partial charge in [-0.25, -0.2) is 0 Å². The Hall–Kier alpha value is -1.59. The van der Waals surface area contributed by atoms with E-state index in [1.807, 2.05) is 0 Å². The van der Waals surface area contributed by atoms with Crippen molar-refractivity contribution in [3.8, 4) is 0 Å². The molecule has 0 aromatic carbocycles. The standard InChI is InChI=1S/C56H108O6/c1-7-52(6)44-38-32-28-29-35-41-47-56(59)62-53(49-61-55(58)46-40-34-27-23-19-15-11-13-17-21-25-31-37-43-51(4)5)48-60-54(57)45-39-33-26-22-18-14-10-8-9-12-16-20-24-30-36-42-50(2)3/h50-53H,7-49H2,1-6H3/t52?,53-/m1/s1. The van der Waals surface area contributed by atoms with Crippen LogP contribution in [0.15, 0.2) is 0 Å². The van der Waals surface area contributed by atoms with Crippen LogP contribution >= 0.6 is 0 Å². The summed E-state index contributed by atoms with van der Waals surface area (Å²) in [7, 11) is 0. The van der Waals surface area contributed by atoms with E-state index in [0.717, 1.165) is 75.5 Å². The molecule has 0 saturated heterocycles. The average molecular weight is 877 g/mol. The molecule has 0 heterocycles. The van der Waals surface area contributed by atoms with Crippen molar-refractivity contribution in [1.29, 1.82) is 0 Å². The second kappa shape index (κ2) is 47.4. The minimum atomic E-state index is -0.764. The Kier molecular flexibility index (Phi) is 46.2. The summed E-state index contributed by atoms with van der Waals surface area (Å²) in [5.41, 5.74) is 0. The van der Waals surface area contributed by atoms with E-state index in [1.54, 1.807) is 0 Å². The molecule has 0 bridgehead atoms. The van der Waals surface area contributed by atoms with Gasteiger partial charge in [0.25, 0.3) is 0 Å². The van der Waals surface area contributed by atoms with E-state index in [9.17, 15) is 14.4 Å².